The molecule has 0 aliphatic carbocycles. The second-order valence-corrected chi connectivity index (χ2v) is 6.26. The van der Waals surface area contributed by atoms with Gasteiger partial charge in [-0.15, -0.1) is 0 Å². The highest BCUT2D eigenvalue weighted by atomic mass is 32.2. The van der Waals surface area contributed by atoms with E-state index in [0.29, 0.717) is 5.56 Å². The maximum Gasteiger partial charge on any atom is 0.243 e. The van der Waals surface area contributed by atoms with E-state index in [4.69, 9.17) is 11.0 Å². The lowest BCUT2D eigenvalue weighted by atomic mass is 10.1. The fraction of sp³-hybridized carbons (Fsp3) is 0.417. The summed E-state index contributed by atoms with van der Waals surface area (Å²) >= 11 is 0. The van der Waals surface area contributed by atoms with E-state index in [1.54, 1.807) is 0 Å². The first-order chi connectivity index (χ1) is 8.73. The Balaban J connectivity index is 3.38. The SMILES string of the molecule is Cc1cc(F)c(N)c(C)c1S(=O)(=O)N(C)CCC#N. The molecule has 0 atom stereocenters. The summed E-state index contributed by atoms with van der Waals surface area (Å²) in [6, 6.07) is 2.99. The van der Waals surface area contributed by atoms with Gasteiger partial charge in [0.15, 0.2) is 0 Å². The molecule has 2 N–H and O–H groups in total. The van der Waals surface area contributed by atoms with Crippen LogP contribution in [0.25, 0.3) is 0 Å². The Kier molecular flexibility index (Phi) is 4.50. The highest BCUT2D eigenvalue weighted by Gasteiger charge is 2.26. The van der Waals surface area contributed by atoms with Crippen LogP contribution in [0.4, 0.5) is 10.1 Å². The van der Waals surface area contributed by atoms with Gasteiger partial charge < -0.3 is 5.73 Å². The summed E-state index contributed by atoms with van der Waals surface area (Å²) in [5.41, 5.74) is 5.86. The minimum Gasteiger partial charge on any atom is -0.396 e. The molecule has 1 rings (SSSR count). The van der Waals surface area contributed by atoms with Crippen molar-refractivity contribution in [3.05, 3.63) is 23.0 Å². The Morgan fingerprint density at radius 1 is 1.47 bits per heavy atom. The van der Waals surface area contributed by atoms with Crippen molar-refractivity contribution in [2.45, 2.75) is 25.2 Å². The van der Waals surface area contributed by atoms with Gasteiger partial charge in [-0.3, -0.25) is 0 Å². The summed E-state index contributed by atoms with van der Waals surface area (Å²) in [4.78, 5) is 0.00633. The molecule has 104 valence electrons. The molecule has 0 aliphatic rings. The van der Waals surface area contributed by atoms with Gasteiger partial charge in [-0.2, -0.15) is 9.57 Å². The van der Waals surface area contributed by atoms with Crippen LogP contribution in [-0.2, 0) is 10.0 Å². The van der Waals surface area contributed by atoms with Crippen LogP contribution in [0.2, 0.25) is 0 Å². The van der Waals surface area contributed by atoms with E-state index in [0.717, 1.165) is 10.4 Å². The number of sulfonamides is 1. The van der Waals surface area contributed by atoms with E-state index in [9.17, 15) is 12.8 Å². The van der Waals surface area contributed by atoms with Gasteiger partial charge in [0.05, 0.1) is 16.7 Å². The van der Waals surface area contributed by atoms with Gasteiger partial charge in [0, 0.05) is 20.0 Å². The maximum absolute atomic E-state index is 13.4. The number of nitriles is 1. The van der Waals surface area contributed by atoms with Crippen molar-refractivity contribution < 1.29 is 12.8 Å². The standard InChI is InChI=1S/C12H16FN3O2S/c1-8-7-10(13)11(15)9(2)12(8)19(17,18)16(3)6-4-5-14/h7H,4,6,15H2,1-3H3. The molecule has 5 nitrogen and oxygen atoms in total. The summed E-state index contributed by atoms with van der Waals surface area (Å²) < 4.78 is 39.3. The first kappa shape index (κ1) is 15.4. The molecule has 0 radical (unpaired) electrons. The zero-order valence-electron chi connectivity index (χ0n) is 11.1. The van der Waals surface area contributed by atoms with Crippen LogP contribution >= 0.6 is 0 Å². The number of anilines is 1. The van der Waals surface area contributed by atoms with Crippen molar-refractivity contribution >= 4 is 15.7 Å². The zero-order chi connectivity index (χ0) is 14.8. The van der Waals surface area contributed by atoms with Crippen molar-refractivity contribution in [3.8, 4) is 6.07 Å². The van der Waals surface area contributed by atoms with Crippen molar-refractivity contribution in [1.29, 1.82) is 5.26 Å². The second-order valence-electron chi connectivity index (χ2n) is 4.28. The van der Waals surface area contributed by atoms with Gasteiger partial charge in [0.1, 0.15) is 5.82 Å². The Morgan fingerprint density at radius 2 is 2.05 bits per heavy atom. The lowest BCUT2D eigenvalue weighted by Gasteiger charge is -2.20. The van der Waals surface area contributed by atoms with Crippen LogP contribution in [0.15, 0.2) is 11.0 Å². The van der Waals surface area contributed by atoms with E-state index in [-0.39, 0.29) is 29.1 Å². The van der Waals surface area contributed by atoms with Crippen LogP contribution < -0.4 is 5.73 Å². The first-order valence-corrected chi connectivity index (χ1v) is 7.06. The predicted octanol–water partition coefficient (Wildman–Crippen LogP) is 1.56. The maximum atomic E-state index is 13.4. The first-order valence-electron chi connectivity index (χ1n) is 5.62. The molecule has 0 unspecified atom stereocenters. The number of nitrogens with zero attached hydrogens (tertiary/aromatic N) is 2. The van der Waals surface area contributed by atoms with Gasteiger partial charge in [-0.1, -0.05) is 0 Å². The van der Waals surface area contributed by atoms with Crippen molar-refractivity contribution in [3.63, 3.8) is 0 Å². The van der Waals surface area contributed by atoms with E-state index in [2.05, 4.69) is 0 Å². The molecule has 19 heavy (non-hydrogen) atoms. The van der Waals surface area contributed by atoms with Crippen molar-refractivity contribution in [2.75, 3.05) is 19.3 Å². The van der Waals surface area contributed by atoms with Gasteiger partial charge in [-0.05, 0) is 31.0 Å². The van der Waals surface area contributed by atoms with Gasteiger partial charge >= 0.3 is 0 Å². The lowest BCUT2D eigenvalue weighted by molar-refractivity contribution is 0.475. The van der Waals surface area contributed by atoms with Crippen LogP contribution in [0, 0.1) is 31.0 Å². The average Bonchev–Trinajstić information content (AvgIpc) is 2.32. The summed E-state index contributed by atoms with van der Waals surface area (Å²) in [5, 5.41) is 8.50. The molecule has 0 bridgehead atoms. The molecule has 0 heterocycles. The molecule has 1 aromatic rings. The summed E-state index contributed by atoms with van der Waals surface area (Å²) in [6.07, 6.45) is 0.0878. The molecular formula is C12H16FN3O2S. The largest absolute Gasteiger partial charge is 0.396 e. The van der Waals surface area contributed by atoms with Crippen LogP contribution in [0.5, 0.6) is 0 Å². The Hall–Kier alpha value is -1.65. The smallest absolute Gasteiger partial charge is 0.243 e. The molecule has 7 heteroatoms. The number of nitrogen functional groups attached to an aromatic ring is 1. The lowest BCUT2D eigenvalue weighted by Crippen LogP contribution is -2.29. The number of hydrogen-bond donors (Lipinski definition) is 1. The summed E-state index contributed by atoms with van der Waals surface area (Å²) in [5.74, 6) is -0.631. The molecule has 0 aliphatic heterocycles. The van der Waals surface area contributed by atoms with E-state index in [1.807, 2.05) is 6.07 Å². The fourth-order valence-electron chi connectivity index (χ4n) is 1.81. The third-order valence-corrected chi connectivity index (χ3v) is 5.06. The van der Waals surface area contributed by atoms with Crippen LogP contribution in [-0.4, -0.2) is 26.3 Å². The normalized spacial score (nSPS) is 11.6. The molecule has 0 spiro atoms. The van der Waals surface area contributed by atoms with Crippen molar-refractivity contribution in [2.24, 2.45) is 0 Å². The monoisotopic (exact) mass is 285 g/mol. The number of benzene rings is 1. The second kappa shape index (κ2) is 5.55. The summed E-state index contributed by atoms with van der Waals surface area (Å²) in [6.45, 7) is 3.06. The van der Waals surface area contributed by atoms with Crippen molar-refractivity contribution in [1.82, 2.24) is 4.31 Å². The Labute approximate surface area is 112 Å². The Bertz CT molecular complexity index is 635. The highest BCUT2D eigenvalue weighted by Crippen LogP contribution is 2.29. The molecule has 0 saturated carbocycles. The van der Waals surface area contributed by atoms with Gasteiger partial charge in [-0.25, -0.2) is 12.8 Å². The number of nitrogens with two attached hydrogens (primary N) is 1. The van der Waals surface area contributed by atoms with E-state index < -0.39 is 15.8 Å². The minimum atomic E-state index is -3.78. The number of aryl methyl sites for hydroxylation is 1. The molecule has 0 amide bonds. The fourth-order valence-corrected chi connectivity index (χ4v) is 3.42. The number of hydrogen-bond acceptors (Lipinski definition) is 4. The predicted molar refractivity (Wildman–Crippen MR) is 70.3 cm³/mol. The zero-order valence-corrected chi connectivity index (χ0v) is 11.9. The molecule has 0 saturated heterocycles. The Morgan fingerprint density at radius 3 is 2.58 bits per heavy atom. The number of halogens is 1. The third-order valence-electron chi connectivity index (χ3n) is 2.91. The topological polar surface area (TPSA) is 87.2 Å². The quantitative estimate of drug-likeness (QED) is 0.850. The molecule has 0 fully saturated rings. The van der Waals surface area contributed by atoms with Crippen LogP contribution in [0.1, 0.15) is 17.5 Å². The minimum absolute atomic E-state index is 0.00633. The molecular weight excluding hydrogens is 269 g/mol. The van der Waals surface area contributed by atoms with Gasteiger partial charge in [0.2, 0.25) is 10.0 Å². The molecule has 1 aromatic carbocycles. The average molecular weight is 285 g/mol. The van der Waals surface area contributed by atoms with Crippen LogP contribution in [0.3, 0.4) is 0 Å². The number of rotatable bonds is 4. The summed E-state index contributed by atoms with van der Waals surface area (Å²) in [7, 11) is -2.40. The van der Waals surface area contributed by atoms with E-state index >= 15 is 0 Å². The van der Waals surface area contributed by atoms with Gasteiger partial charge in [0.25, 0.3) is 0 Å². The highest BCUT2D eigenvalue weighted by molar-refractivity contribution is 7.89. The third kappa shape index (κ3) is 2.85. The molecule has 0 aromatic heterocycles. The van der Waals surface area contributed by atoms with E-state index in [1.165, 1.54) is 20.9 Å².